The van der Waals surface area contributed by atoms with Crippen molar-refractivity contribution in [1.29, 1.82) is 0 Å². The molecular weight excluding hydrogens is 352 g/mol. The van der Waals surface area contributed by atoms with Crippen LogP contribution >= 0.6 is 0 Å². The third-order valence-electron chi connectivity index (χ3n) is 5.34. The largest absolute Gasteiger partial charge is 0.341 e. The van der Waals surface area contributed by atoms with E-state index in [0.29, 0.717) is 13.0 Å². The standard InChI is InChI=1S/C21H20N6O/c1-2-25-13-16(11-18(25)28)26-14-23-19(15-7-4-3-5-8-15)20(26)17-12-24-27-10-6-9-22-21(17)27/h3-10,12,14,16H,2,11,13H2,1H3/t16-/m0/s1. The number of likely N-dealkylation sites (tertiary alicyclic amines) is 1. The lowest BCUT2D eigenvalue weighted by Gasteiger charge is -2.17. The van der Waals surface area contributed by atoms with E-state index in [4.69, 9.17) is 4.98 Å². The van der Waals surface area contributed by atoms with Crippen LogP contribution in [-0.4, -0.2) is 48.0 Å². The molecule has 0 bridgehead atoms. The number of hydrogen-bond acceptors (Lipinski definition) is 4. The number of hydrogen-bond donors (Lipinski definition) is 0. The molecule has 0 aliphatic carbocycles. The van der Waals surface area contributed by atoms with Crippen LogP contribution < -0.4 is 0 Å². The molecule has 1 aliphatic rings. The number of fused-ring (bicyclic) bond motifs is 1. The summed E-state index contributed by atoms with van der Waals surface area (Å²) >= 11 is 0. The Labute approximate surface area is 162 Å². The van der Waals surface area contributed by atoms with Crippen molar-refractivity contribution < 1.29 is 4.79 Å². The number of rotatable bonds is 4. The summed E-state index contributed by atoms with van der Waals surface area (Å²) in [6, 6.07) is 12.0. The molecule has 1 saturated heterocycles. The van der Waals surface area contributed by atoms with E-state index in [-0.39, 0.29) is 11.9 Å². The van der Waals surface area contributed by atoms with Gasteiger partial charge in [0, 0.05) is 37.5 Å². The van der Waals surface area contributed by atoms with Crippen molar-refractivity contribution in [3.63, 3.8) is 0 Å². The fourth-order valence-electron chi connectivity index (χ4n) is 3.95. The number of carbonyl (C=O) groups excluding carboxylic acids is 1. The molecule has 1 atom stereocenters. The van der Waals surface area contributed by atoms with Crippen molar-refractivity contribution in [2.24, 2.45) is 0 Å². The summed E-state index contributed by atoms with van der Waals surface area (Å²) in [4.78, 5) is 23.5. The molecule has 1 aliphatic heterocycles. The normalized spacial score (nSPS) is 17.0. The van der Waals surface area contributed by atoms with E-state index in [1.54, 1.807) is 10.7 Å². The van der Waals surface area contributed by atoms with Crippen LogP contribution in [0.5, 0.6) is 0 Å². The predicted molar refractivity (Wildman–Crippen MR) is 106 cm³/mol. The smallest absolute Gasteiger partial charge is 0.224 e. The van der Waals surface area contributed by atoms with Crippen LogP contribution in [0.3, 0.4) is 0 Å². The number of benzene rings is 1. The number of carbonyl (C=O) groups is 1. The Balaban J connectivity index is 1.71. The van der Waals surface area contributed by atoms with Gasteiger partial charge in [-0.15, -0.1) is 0 Å². The van der Waals surface area contributed by atoms with Crippen molar-refractivity contribution in [3.05, 3.63) is 61.3 Å². The van der Waals surface area contributed by atoms with Gasteiger partial charge in [0.05, 0.1) is 35.5 Å². The molecule has 0 unspecified atom stereocenters. The van der Waals surface area contributed by atoms with Gasteiger partial charge in [-0.2, -0.15) is 5.10 Å². The van der Waals surface area contributed by atoms with E-state index >= 15 is 0 Å². The Morgan fingerprint density at radius 3 is 2.79 bits per heavy atom. The highest BCUT2D eigenvalue weighted by atomic mass is 16.2. The van der Waals surface area contributed by atoms with Crippen LogP contribution in [0, 0.1) is 0 Å². The molecule has 0 radical (unpaired) electrons. The van der Waals surface area contributed by atoms with Crippen molar-refractivity contribution in [3.8, 4) is 22.5 Å². The fraction of sp³-hybridized carbons (Fsp3) is 0.238. The number of likely N-dealkylation sites (N-methyl/N-ethyl adjacent to an activating group) is 1. The van der Waals surface area contributed by atoms with Gasteiger partial charge < -0.3 is 9.47 Å². The first-order chi connectivity index (χ1) is 13.8. The molecule has 140 valence electrons. The molecule has 0 saturated carbocycles. The molecular formula is C21H20N6O. The number of aromatic nitrogens is 5. The van der Waals surface area contributed by atoms with Crippen LogP contribution in [0.25, 0.3) is 28.2 Å². The minimum atomic E-state index is 0.0473. The molecule has 4 aromatic rings. The highest BCUT2D eigenvalue weighted by Crippen LogP contribution is 2.37. The topological polar surface area (TPSA) is 68.3 Å². The summed E-state index contributed by atoms with van der Waals surface area (Å²) in [6.45, 7) is 3.43. The van der Waals surface area contributed by atoms with Gasteiger partial charge in [0.25, 0.3) is 0 Å². The molecule has 1 aromatic carbocycles. The number of imidazole rings is 1. The average molecular weight is 372 g/mol. The zero-order valence-corrected chi connectivity index (χ0v) is 15.6. The minimum Gasteiger partial charge on any atom is -0.341 e. The zero-order chi connectivity index (χ0) is 19.1. The van der Waals surface area contributed by atoms with Gasteiger partial charge in [0.2, 0.25) is 5.91 Å². The average Bonchev–Trinajstić information content (AvgIpc) is 3.44. The van der Waals surface area contributed by atoms with Crippen molar-refractivity contribution in [2.75, 3.05) is 13.1 Å². The summed E-state index contributed by atoms with van der Waals surface area (Å²) in [6.07, 6.45) is 7.81. The second-order valence-corrected chi connectivity index (χ2v) is 6.95. The van der Waals surface area contributed by atoms with Crippen molar-refractivity contribution in [1.82, 2.24) is 29.0 Å². The Bertz CT molecular complexity index is 1150. The van der Waals surface area contributed by atoms with Gasteiger partial charge in [0.15, 0.2) is 5.65 Å². The molecule has 1 fully saturated rings. The van der Waals surface area contributed by atoms with Crippen LogP contribution in [0.2, 0.25) is 0 Å². The Kier molecular flexibility index (Phi) is 3.93. The first kappa shape index (κ1) is 16.7. The molecule has 5 rings (SSSR count). The van der Waals surface area contributed by atoms with Gasteiger partial charge >= 0.3 is 0 Å². The first-order valence-electron chi connectivity index (χ1n) is 9.45. The summed E-state index contributed by atoms with van der Waals surface area (Å²) in [7, 11) is 0. The van der Waals surface area contributed by atoms with Gasteiger partial charge in [-0.25, -0.2) is 14.5 Å². The Hall–Kier alpha value is -3.48. The quantitative estimate of drug-likeness (QED) is 0.552. The SMILES string of the molecule is CCN1C[C@@H](n2cnc(-c3ccccc3)c2-c2cnn3cccnc23)CC1=O. The van der Waals surface area contributed by atoms with Gasteiger partial charge in [-0.05, 0) is 13.0 Å². The monoisotopic (exact) mass is 372 g/mol. The van der Waals surface area contributed by atoms with Gasteiger partial charge in [-0.1, -0.05) is 30.3 Å². The lowest BCUT2D eigenvalue weighted by molar-refractivity contribution is -0.127. The van der Waals surface area contributed by atoms with E-state index in [1.807, 2.05) is 66.9 Å². The number of amides is 1. The van der Waals surface area contributed by atoms with Crippen LogP contribution in [0.15, 0.2) is 61.3 Å². The number of nitrogens with zero attached hydrogens (tertiary/aromatic N) is 6. The van der Waals surface area contributed by atoms with Crippen molar-refractivity contribution >= 4 is 11.6 Å². The summed E-state index contributed by atoms with van der Waals surface area (Å²) in [5, 5.41) is 4.46. The molecule has 0 N–H and O–H groups in total. The molecule has 3 aromatic heterocycles. The van der Waals surface area contributed by atoms with Gasteiger partial charge in [0.1, 0.15) is 0 Å². The third-order valence-corrected chi connectivity index (χ3v) is 5.34. The predicted octanol–water partition coefficient (Wildman–Crippen LogP) is 3.05. The lowest BCUT2D eigenvalue weighted by atomic mass is 10.1. The second-order valence-electron chi connectivity index (χ2n) is 6.95. The Morgan fingerprint density at radius 1 is 1.14 bits per heavy atom. The third kappa shape index (κ3) is 2.58. The summed E-state index contributed by atoms with van der Waals surface area (Å²) in [5.74, 6) is 0.186. The maximum atomic E-state index is 12.3. The maximum Gasteiger partial charge on any atom is 0.224 e. The minimum absolute atomic E-state index is 0.0473. The maximum absolute atomic E-state index is 12.3. The van der Waals surface area contributed by atoms with Crippen LogP contribution in [0.1, 0.15) is 19.4 Å². The molecule has 1 amide bonds. The fourth-order valence-corrected chi connectivity index (χ4v) is 3.95. The van der Waals surface area contributed by atoms with E-state index in [9.17, 15) is 4.79 Å². The van der Waals surface area contributed by atoms with E-state index in [1.165, 1.54) is 0 Å². The molecule has 28 heavy (non-hydrogen) atoms. The highest BCUT2D eigenvalue weighted by Gasteiger charge is 2.32. The molecule has 7 nitrogen and oxygen atoms in total. The van der Waals surface area contributed by atoms with Crippen LogP contribution in [0.4, 0.5) is 0 Å². The first-order valence-corrected chi connectivity index (χ1v) is 9.45. The van der Waals surface area contributed by atoms with Crippen LogP contribution in [-0.2, 0) is 4.79 Å². The summed E-state index contributed by atoms with van der Waals surface area (Å²) < 4.78 is 3.89. The molecule has 4 heterocycles. The second kappa shape index (κ2) is 6.60. The summed E-state index contributed by atoms with van der Waals surface area (Å²) in [5.41, 5.74) is 4.56. The van der Waals surface area contributed by atoms with E-state index in [2.05, 4.69) is 14.6 Å². The Morgan fingerprint density at radius 2 is 2.00 bits per heavy atom. The zero-order valence-electron chi connectivity index (χ0n) is 15.6. The van der Waals surface area contributed by atoms with Crippen molar-refractivity contribution in [2.45, 2.75) is 19.4 Å². The lowest BCUT2D eigenvalue weighted by Crippen LogP contribution is -2.24. The molecule has 0 spiro atoms. The van der Waals surface area contributed by atoms with Gasteiger partial charge in [-0.3, -0.25) is 4.79 Å². The van der Waals surface area contributed by atoms with E-state index in [0.717, 1.165) is 34.7 Å². The highest BCUT2D eigenvalue weighted by molar-refractivity contribution is 5.86. The van der Waals surface area contributed by atoms with E-state index < -0.39 is 0 Å². The molecule has 7 heteroatoms.